The molecule has 228 valence electrons. The molecule has 0 aliphatic carbocycles. The smallest absolute Gasteiger partial charge is 0.338 e. The molecule has 0 unspecified atom stereocenters. The number of nitrogens with zero attached hydrogens (tertiary/aromatic N) is 2. The summed E-state index contributed by atoms with van der Waals surface area (Å²) < 4.78 is 21.8. The van der Waals surface area contributed by atoms with Gasteiger partial charge in [0.1, 0.15) is 24.1 Å². The van der Waals surface area contributed by atoms with Gasteiger partial charge >= 0.3 is 5.97 Å². The van der Waals surface area contributed by atoms with Crippen LogP contribution in [0, 0.1) is 14.1 Å². The van der Waals surface area contributed by atoms with Crippen LogP contribution in [0.1, 0.15) is 56.0 Å². The third-order valence-electron chi connectivity index (χ3n) is 6.88. The normalized spacial score (nSPS) is 14.8. The van der Waals surface area contributed by atoms with Crippen LogP contribution in [0.3, 0.4) is 0 Å². The average Bonchev–Trinajstić information content (AvgIpc) is 3.26. The fourth-order valence-corrected chi connectivity index (χ4v) is 8.24. The van der Waals surface area contributed by atoms with E-state index in [9.17, 15) is 9.59 Å². The summed E-state index contributed by atoms with van der Waals surface area (Å²) in [5.74, 6) is 0.907. The number of para-hydroxylation sites is 1. The molecular weight excluding hydrogens is 802 g/mol. The Labute approximate surface area is 287 Å². The van der Waals surface area contributed by atoms with Gasteiger partial charge in [-0.3, -0.25) is 9.36 Å². The summed E-state index contributed by atoms with van der Waals surface area (Å²) in [7, 11) is 0. The predicted octanol–water partition coefficient (Wildman–Crippen LogP) is 6.68. The fourth-order valence-electron chi connectivity index (χ4n) is 5.06. The summed E-state index contributed by atoms with van der Waals surface area (Å²) >= 11 is 5.84. The van der Waals surface area contributed by atoms with E-state index in [2.05, 4.69) is 70.3 Å². The molecule has 4 aromatic rings. The maximum Gasteiger partial charge on any atom is 0.338 e. The number of carbonyl (C=O) groups is 1. The molecule has 0 bridgehead atoms. The summed E-state index contributed by atoms with van der Waals surface area (Å²) in [6.45, 7) is 10.2. The van der Waals surface area contributed by atoms with Crippen LogP contribution >= 0.6 is 56.5 Å². The van der Waals surface area contributed by atoms with Crippen molar-refractivity contribution in [2.75, 3.05) is 6.61 Å². The Bertz CT molecular complexity index is 1920. The number of esters is 1. The number of allylic oxidation sites excluding steroid dienone is 1. The van der Waals surface area contributed by atoms with Gasteiger partial charge in [-0.15, -0.1) is 0 Å². The van der Waals surface area contributed by atoms with Crippen molar-refractivity contribution in [2.45, 2.75) is 53.4 Å². The molecule has 7 nitrogen and oxygen atoms in total. The number of aryl methyl sites for hydroxylation is 1. The number of fused-ring (bicyclic) bond motifs is 1. The lowest BCUT2D eigenvalue weighted by Crippen LogP contribution is -2.40. The second-order valence-corrected chi connectivity index (χ2v) is 13.9. The van der Waals surface area contributed by atoms with Gasteiger partial charge in [0.2, 0.25) is 0 Å². The second-order valence-electron chi connectivity index (χ2n) is 10.6. The first-order chi connectivity index (χ1) is 21.1. The number of ether oxygens (including phenoxy) is 3. The topological polar surface area (TPSA) is 79.1 Å². The van der Waals surface area contributed by atoms with Crippen molar-refractivity contribution in [3.8, 4) is 11.5 Å². The number of hydrogen-bond donors (Lipinski definition) is 0. The highest BCUT2D eigenvalue weighted by atomic mass is 127. The van der Waals surface area contributed by atoms with Crippen LogP contribution < -0.4 is 24.4 Å². The van der Waals surface area contributed by atoms with Crippen molar-refractivity contribution in [1.82, 2.24) is 4.57 Å². The number of benzene rings is 3. The van der Waals surface area contributed by atoms with Gasteiger partial charge in [-0.25, -0.2) is 9.79 Å². The molecule has 1 atom stereocenters. The molecule has 0 radical (unpaired) electrons. The van der Waals surface area contributed by atoms with Crippen molar-refractivity contribution in [2.24, 2.45) is 4.99 Å². The number of carbonyl (C=O) groups excluding carboxylic acids is 1. The Kier molecular flexibility index (Phi) is 10.3. The van der Waals surface area contributed by atoms with Crippen molar-refractivity contribution >= 4 is 68.6 Å². The van der Waals surface area contributed by atoms with E-state index in [4.69, 9.17) is 19.2 Å². The molecule has 44 heavy (non-hydrogen) atoms. The number of thiazole rings is 1. The minimum absolute atomic E-state index is 0.100. The van der Waals surface area contributed by atoms with Gasteiger partial charge in [0.15, 0.2) is 4.80 Å². The van der Waals surface area contributed by atoms with E-state index in [0.717, 1.165) is 24.0 Å². The zero-order valence-corrected chi connectivity index (χ0v) is 30.2. The highest BCUT2D eigenvalue weighted by Crippen LogP contribution is 2.36. The Morgan fingerprint density at radius 1 is 1.07 bits per heavy atom. The average molecular weight is 835 g/mol. The zero-order valence-electron chi connectivity index (χ0n) is 25.0. The zero-order chi connectivity index (χ0) is 31.5. The lowest BCUT2D eigenvalue weighted by Gasteiger charge is -2.26. The summed E-state index contributed by atoms with van der Waals surface area (Å²) in [5.41, 5.74) is 4.46. The van der Waals surface area contributed by atoms with Gasteiger partial charge in [-0.05, 0) is 115 Å². The van der Waals surface area contributed by atoms with Crippen LogP contribution in [-0.2, 0) is 16.1 Å². The van der Waals surface area contributed by atoms with Crippen LogP contribution in [-0.4, -0.2) is 23.2 Å². The maximum atomic E-state index is 14.1. The van der Waals surface area contributed by atoms with E-state index in [1.165, 1.54) is 16.9 Å². The van der Waals surface area contributed by atoms with Gasteiger partial charge in [0.05, 0.1) is 35.7 Å². The van der Waals surface area contributed by atoms with E-state index in [1.807, 2.05) is 62.4 Å². The molecule has 0 fully saturated rings. The van der Waals surface area contributed by atoms with Crippen molar-refractivity contribution in [3.05, 3.63) is 121 Å². The molecule has 3 aromatic carbocycles. The molecule has 0 N–H and O–H groups in total. The number of rotatable bonds is 9. The van der Waals surface area contributed by atoms with Gasteiger partial charge < -0.3 is 14.2 Å². The second kappa shape index (κ2) is 14.0. The highest BCUT2D eigenvalue weighted by molar-refractivity contribution is 14.1. The largest absolute Gasteiger partial charge is 0.491 e. The molecule has 1 aliphatic rings. The maximum absolute atomic E-state index is 14.1. The molecule has 1 aliphatic heterocycles. The Morgan fingerprint density at radius 2 is 1.80 bits per heavy atom. The molecule has 0 saturated carbocycles. The Hall–Kier alpha value is -2.97. The first-order valence-electron chi connectivity index (χ1n) is 14.2. The number of halogens is 2. The third-order valence-corrected chi connectivity index (χ3v) is 9.46. The van der Waals surface area contributed by atoms with Crippen LogP contribution in [0.4, 0.5) is 0 Å². The minimum atomic E-state index is -0.750. The summed E-state index contributed by atoms with van der Waals surface area (Å²) in [6, 6.07) is 19.0. The summed E-state index contributed by atoms with van der Waals surface area (Å²) in [4.78, 5) is 32.6. The monoisotopic (exact) mass is 834 g/mol. The number of aromatic nitrogens is 1. The molecule has 10 heteroatoms. The van der Waals surface area contributed by atoms with Crippen molar-refractivity contribution in [3.63, 3.8) is 0 Å². The van der Waals surface area contributed by atoms with Crippen LogP contribution in [0.2, 0.25) is 0 Å². The summed E-state index contributed by atoms with van der Waals surface area (Å²) in [5, 5.41) is 0. The first-order valence-corrected chi connectivity index (χ1v) is 17.2. The van der Waals surface area contributed by atoms with Gasteiger partial charge in [-0.1, -0.05) is 59.4 Å². The summed E-state index contributed by atoms with van der Waals surface area (Å²) in [6.07, 6.45) is 1.77. The predicted molar refractivity (Wildman–Crippen MR) is 190 cm³/mol. The van der Waals surface area contributed by atoms with Gasteiger partial charge in [0, 0.05) is 5.56 Å². The molecule has 0 saturated heterocycles. The fraction of sp³-hybridized carbons (Fsp3) is 0.265. The Balaban J connectivity index is 1.59. The van der Waals surface area contributed by atoms with Crippen LogP contribution in [0.15, 0.2) is 81.7 Å². The third kappa shape index (κ3) is 6.96. The number of hydrogen-bond acceptors (Lipinski definition) is 7. The lowest BCUT2D eigenvalue weighted by molar-refractivity contribution is -0.139. The van der Waals surface area contributed by atoms with E-state index < -0.39 is 12.0 Å². The molecular formula is C34H32I2N2O5S. The van der Waals surface area contributed by atoms with Gasteiger partial charge in [0.25, 0.3) is 5.56 Å². The standard InChI is InChI=1S/C34H32I2N2O5S/c1-6-41-33(40)29-21(5)37-34-38(30(29)24-12-7-8-13-27(24)43-19(2)3)32(39)28(44-34)17-23-15-25(35)31(26(36)16-23)42-18-22-11-9-10-20(4)14-22/h7-17,19,30H,6,18H2,1-5H3/b28-17+/t30-/m1/s1. The van der Waals surface area contributed by atoms with Crippen LogP contribution in [0.5, 0.6) is 11.5 Å². The van der Waals surface area contributed by atoms with E-state index in [0.29, 0.717) is 38.5 Å². The van der Waals surface area contributed by atoms with E-state index >= 15 is 0 Å². The molecule has 5 rings (SSSR count). The molecule has 1 aromatic heterocycles. The quantitative estimate of drug-likeness (QED) is 0.139. The van der Waals surface area contributed by atoms with Crippen molar-refractivity contribution < 1.29 is 19.0 Å². The van der Waals surface area contributed by atoms with E-state index in [1.54, 1.807) is 18.4 Å². The highest BCUT2D eigenvalue weighted by Gasteiger charge is 2.35. The molecule has 2 heterocycles. The molecule has 0 amide bonds. The SMILES string of the molecule is CCOC(=O)C1=C(C)N=c2s/c(=C/c3cc(I)c(OCc4cccc(C)c4)c(I)c3)c(=O)n2[C@@H]1c1ccccc1OC(C)C. The van der Waals surface area contributed by atoms with Crippen LogP contribution in [0.25, 0.3) is 6.08 Å². The van der Waals surface area contributed by atoms with Crippen molar-refractivity contribution in [1.29, 1.82) is 0 Å². The van der Waals surface area contributed by atoms with Gasteiger partial charge in [-0.2, -0.15) is 0 Å². The first kappa shape index (κ1) is 32.4. The minimum Gasteiger partial charge on any atom is -0.491 e. The molecule has 0 spiro atoms. The lowest BCUT2D eigenvalue weighted by atomic mass is 9.95. The van der Waals surface area contributed by atoms with E-state index in [-0.39, 0.29) is 18.3 Å². The Morgan fingerprint density at radius 3 is 2.48 bits per heavy atom.